The van der Waals surface area contributed by atoms with Crippen LogP contribution in [-0.4, -0.2) is 5.11 Å². The fourth-order valence-corrected chi connectivity index (χ4v) is 4.43. The molecule has 0 atom stereocenters. The van der Waals surface area contributed by atoms with Gasteiger partial charge in [0.1, 0.15) is 5.75 Å². The molecule has 5 rings (SSSR count). The smallest absolute Gasteiger partial charge is 0.115 e. The Hall–Kier alpha value is -3.58. The minimum Gasteiger partial charge on any atom is -0.508 e. The summed E-state index contributed by atoms with van der Waals surface area (Å²) in [6, 6.07) is 31.7. The van der Waals surface area contributed by atoms with Crippen LogP contribution < -0.4 is 0 Å². The van der Waals surface area contributed by atoms with Crippen LogP contribution in [0.5, 0.6) is 5.75 Å². The van der Waals surface area contributed by atoms with Gasteiger partial charge in [0, 0.05) is 0 Å². The lowest BCUT2D eigenvalue weighted by atomic mass is 9.86. The van der Waals surface area contributed by atoms with Gasteiger partial charge in [-0.2, -0.15) is 0 Å². The van der Waals surface area contributed by atoms with Crippen LogP contribution >= 0.6 is 0 Å². The molecule has 0 unspecified atom stereocenters. The first-order valence-electron chi connectivity index (χ1n) is 10.4. The summed E-state index contributed by atoms with van der Waals surface area (Å²) in [5.41, 5.74) is 7.70. The van der Waals surface area contributed by atoms with Crippen molar-refractivity contribution in [3.63, 3.8) is 0 Å². The first kappa shape index (κ1) is 18.4. The van der Waals surface area contributed by atoms with Crippen molar-refractivity contribution in [3.8, 4) is 16.9 Å². The summed E-state index contributed by atoms with van der Waals surface area (Å²) in [6.07, 6.45) is 0.902. The molecule has 0 aliphatic rings. The predicted molar refractivity (Wildman–Crippen MR) is 127 cm³/mol. The Balaban J connectivity index is 1.81. The summed E-state index contributed by atoms with van der Waals surface area (Å²) >= 11 is 0. The lowest BCUT2D eigenvalue weighted by Crippen LogP contribution is -1.99. The lowest BCUT2D eigenvalue weighted by molar-refractivity contribution is 0.475. The summed E-state index contributed by atoms with van der Waals surface area (Å²) in [7, 11) is 0. The van der Waals surface area contributed by atoms with E-state index < -0.39 is 0 Å². The highest BCUT2D eigenvalue weighted by Crippen LogP contribution is 2.36. The number of hydrogen-bond donors (Lipinski definition) is 1. The van der Waals surface area contributed by atoms with Crippen molar-refractivity contribution in [2.24, 2.45) is 0 Å². The molecule has 0 radical (unpaired) electrons. The van der Waals surface area contributed by atoms with E-state index in [1.165, 1.54) is 49.4 Å². The molecule has 30 heavy (non-hydrogen) atoms. The van der Waals surface area contributed by atoms with E-state index in [1.54, 1.807) is 12.1 Å². The van der Waals surface area contributed by atoms with Gasteiger partial charge in [-0.1, -0.05) is 60.7 Å². The van der Waals surface area contributed by atoms with E-state index in [9.17, 15) is 5.11 Å². The van der Waals surface area contributed by atoms with E-state index >= 15 is 0 Å². The van der Waals surface area contributed by atoms with E-state index in [0.717, 1.165) is 12.0 Å². The summed E-state index contributed by atoms with van der Waals surface area (Å²) in [5, 5.41) is 14.8. The minimum atomic E-state index is 0.295. The van der Waals surface area contributed by atoms with Gasteiger partial charge in [0.05, 0.1) is 0 Å². The van der Waals surface area contributed by atoms with Crippen molar-refractivity contribution >= 4 is 21.5 Å². The fourth-order valence-electron chi connectivity index (χ4n) is 4.43. The zero-order valence-corrected chi connectivity index (χ0v) is 17.3. The lowest BCUT2D eigenvalue weighted by Gasteiger charge is -2.18. The first-order chi connectivity index (χ1) is 14.6. The van der Waals surface area contributed by atoms with Crippen LogP contribution in [0.3, 0.4) is 0 Å². The number of benzene rings is 5. The van der Waals surface area contributed by atoms with Crippen molar-refractivity contribution in [2.75, 3.05) is 0 Å². The third-order valence-corrected chi connectivity index (χ3v) is 6.21. The molecule has 0 aliphatic carbocycles. The molecule has 0 spiro atoms. The third-order valence-electron chi connectivity index (χ3n) is 6.21. The molecule has 1 nitrogen and oxygen atoms in total. The molecule has 0 saturated heterocycles. The molecule has 0 fully saturated rings. The normalized spacial score (nSPS) is 11.3. The van der Waals surface area contributed by atoms with Gasteiger partial charge < -0.3 is 5.11 Å². The molecule has 0 heterocycles. The van der Waals surface area contributed by atoms with Crippen LogP contribution in [0.4, 0.5) is 0 Å². The molecular weight excluding hydrogens is 364 g/mol. The number of phenols is 1. The maximum absolute atomic E-state index is 9.74. The van der Waals surface area contributed by atoms with Crippen LogP contribution in [0.2, 0.25) is 0 Å². The Morgan fingerprint density at radius 2 is 1.33 bits per heavy atom. The number of aryl methyl sites for hydroxylation is 1. The van der Waals surface area contributed by atoms with E-state index in [0.29, 0.717) is 5.75 Å². The van der Waals surface area contributed by atoms with Crippen LogP contribution in [0.1, 0.15) is 22.3 Å². The number of phenolic OH excluding ortho intramolecular Hbond substituents is 1. The van der Waals surface area contributed by atoms with Crippen LogP contribution in [0.15, 0.2) is 91.0 Å². The summed E-state index contributed by atoms with van der Waals surface area (Å²) in [4.78, 5) is 0. The zero-order chi connectivity index (χ0) is 20.7. The summed E-state index contributed by atoms with van der Waals surface area (Å²) in [6.45, 7) is 4.41. The molecule has 0 aromatic heterocycles. The quantitative estimate of drug-likeness (QED) is 0.316. The minimum absolute atomic E-state index is 0.295. The monoisotopic (exact) mass is 388 g/mol. The van der Waals surface area contributed by atoms with Gasteiger partial charge in [-0.3, -0.25) is 0 Å². The average molecular weight is 389 g/mol. The predicted octanol–water partition coefficient (Wildman–Crippen LogP) is 7.57. The summed E-state index contributed by atoms with van der Waals surface area (Å²) < 4.78 is 0. The Bertz CT molecular complexity index is 1380. The highest BCUT2D eigenvalue weighted by Gasteiger charge is 2.14. The van der Waals surface area contributed by atoms with Gasteiger partial charge in [0.15, 0.2) is 0 Å². The maximum Gasteiger partial charge on any atom is 0.115 e. The fraction of sp³-hybridized carbons (Fsp3) is 0.103. The van der Waals surface area contributed by atoms with E-state index in [-0.39, 0.29) is 0 Å². The molecule has 0 bridgehead atoms. The Morgan fingerprint density at radius 3 is 2.07 bits per heavy atom. The van der Waals surface area contributed by atoms with Gasteiger partial charge in [0.25, 0.3) is 0 Å². The maximum atomic E-state index is 9.74. The van der Waals surface area contributed by atoms with Crippen molar-refractivity contribution in [2.45, 2.75) is 20.3 Å². The van der Waals surface area contributed by atoms with Crippen molar-refractivity contribution in [3.05, 3.63) is 113 Å². The molecule has 5 aromatic carbocycles. The Morgan fingerprint density at radius 1 is 0.667 bits per heavy atom. The molecule has 0 aliphatic heterocycles. The van der Waals surface area contributed by atoms with E-state index in [1.807, 2.05) is 12.1 Å². The molecule has 0 saturated carbocycles. The molecule has 0 amide bonds. The molecular formula is C29H24O. The van der Waals surface area contributed by atoms with Gasteiger partial charge in [-0.05, 0) is 106 Å². The van der Waals surface area contributed by atoms with E-state index in [4.69, 9.17) is 0 Å². The van der Waals surface area contributed by atoms with Gasteiger partial charge in [-0.15, -0.1) is 0 Å². The first-order valence-corrected chi connectivity index (χ1v) is 10.4. The SMILES string of the molecule is Cc1ccccc1Cc1c(C)c(-c2ccc(O)cc2)cc2cc3ccccc3cc12. The highest BCUT2D eigenvalue weighted by molar-refractivity contribution is 6.02. The zero-order valence-electron chi connectivity index (χ0n) is 17.3. The van der Waals surface area contributed by atoms with Gasteiger partial charge in [0.2, 0.25) is 0 Å². The Kier molecular flexibility index (Phi) is 4.52. The van der Waals surface area contributed by atoms with Crippen LogP contribution in [0, 0.1) is 13.8 Å². The molecule has 1 N–H and O–H groups in total. The van der Waals surface area contributed by atoms with Gasteiger partial charge >= 0.3 is 0 Å². The number of fused-ring (bicyclic) bond motifs is 2. The van der Waals surface area contributed by atoms with E-state index in [2.05, 4.69) is 80.6 Å². The van der Waals surface area contributed by atoms with Crippen molar-refractivity contribution < 1.29 is 5.11 Å². The van der Waals surface area contributed by atoms with Gasteiger partial charge in [-0.25, -0.2) is 0 Å². The van der Waals surface area contributed by atoms with Crippen LogP contribution in [0.25, 0.3) is 32.7 Å². The number of rotatable bonds is 3. The molecule has 5 aromatic rings. The third kappa shape index (κ3) is 3.23. The Labute approximate surface area is 177 Å². The van der Waals surface area contributed by atoms with Crippen LogP contribution in [-0.2, 0) is 6.42 Å². The second-order valence-electron chi connectivity index (χ2n) is 8.10. The second-order valence-corrected chi connectivity index (χ2v) is 8.10. The topological polar surface area (TPSA) is 20.2 Å². The number of hydrogen-bond acceptors (Lipinski definition) is 1. The largest absolute Gasteiger partial charge is 0.508 e. The summed E-state index contributed by atoms with van der Waals surface area (Å²) in [5.74, 6) is 0.295. The standard InChI is InChI=1S/C29H24O/c1-19-7-3-4-8-22(19)16-28-20(2)27(21-11-13-26(30)14-12-21)18-25-15-23-9-5-6-10-24(23)17-29(25)28/h3-15,17-18,30H,16H2,1-2H3. The molecule has 146 valence electrons. The average Bonchev–Trinajstić information content (AvgIpc) is 2.76. The number of aromatic hydroxyl groups is 1. The highest BCUT2D eigenvalue weighted by atomic mass is 16.3. The van der Waals surface area contributed by atoms with Crippen molar-refractivity contribution in [1.82, 2.24) is 0 Å². The second kappa shape index (κ2) is 7.35. The molecule has 1 heteroatoms. The van der Waals surface area contributed by atoms with Crippen molar-refractivity contribution in [1.29, 1.82) is 0 Å².